The van der Waals surface area contributed by atoms with E-state index in [0.29, 0.717) is 18.3 Å². The molecule has 2 aliphatic rings. The smallest absolute Gasteiger partial charge is 0.246 e. The van der Waals surface area contributed by atoms with Crippen LogP contribution in [0.4, 0.5) is 0 Å². The lowest BCUT2D eigenvalue weighted by Gasteiger charge is -2.42. The minimum Gasteiger partial charge on any atom is -0.343 e. The molecule has 1 aliphatic heterocycles. The van der Waals surface area contributed by atoms with Crippen molar-refractivity contribution in [3.8, 4) is 0 Å². The highest BCUT2D eigenvalue weighted by atomic mass is 16.2. The zero-order chi connectivity index (χ0) is 13.4. The topological polar surface area (TPSA) is 49.4 Å². The maximum Gasteiger partial charge on any atom is 0.246 e. The molecule has 2 fully saturated rings. The second kappa shape index (κ2) is 4.90. The van der Waals surface area contributed by atoms with Crippen molar-refractivity contribution < 1.29 is 9.59 Å². The molecule has 0 radical (unpaired) electrons. The summed E-state index contributed by atoms with van der Waals surface area (Å²) in [5.74, 6) is 1.23. The number of carbonyl (C=O) groups is 2. The molecule has 102 valence electrons. The molecular formula is C14H24N2O2. The van der Waals surface area contributed by atoms with Crippen LogP contribution in [0.2, 0.25) is 0 Å². The van der Waals surface area contributed by atoms with Gasteiger partial charge in [0.1, 0.15) is 12.1 Å². The van der Waals surface area contributed by atoms with Gasteiger partial charge in [0, 0.05) is 6.04 Å². The van der Waals surface area contributed by atoms with Crippen molar-refractivity contribution in [1.82, 2.24) is 10.2 Å². The molecule has 0 bridgehead atoms. The highest BCUT2D eigenvalue weighted by molar-refractivity contribution is 5.96. The predicted octanol–water partition coefficient (Wildman–Crippen LogP) is 1.55. The van der Waals surface area contributed by atoms with Gasteiger partial charge in [-0.15, -0.1) is 0 Å². The summed E-state index contributed by atoms with van der Waals surface area (Å²) in [4.78, 5) is 26.3. The Hall–Kier alpha value is -1.06. The normalized spacial score (nSPS) is 41.1. The van der Waals surface area contributed by atoms with E-state index in [1.165, 1.54) is 0 Å². The van der Waals surface area contributed by atoms with Gasteiger partial charge in [-0.25, -0.2) is 0 Å². The van der Waals surface area contributed by atoms with E-state index in [1.807, 2.05) is 18.7 Å². The molecule has 4 nitrogen and oxygen atoms in total. The Morgan fingerprint density at radius 3 is 2.39 bits per heavy atom. The maximum absolute atomic E-state index is 12.5. The molecule has 2 rings (SSSR count). The van der Waals surface area contributed by atoms with Crippen LogP contribution >= 0.6 is 0 Å². The second-order valence-corrected chi connectivity index (χ2v) is 5.87. The van der Waals surface area contributed by atoms with Gasteiger partial charge in [0.25, 0.3) is 0 Å². The summed E-state index contributed by atoms with van der Waals surface area (Å²) in [6.07, 6.45) is 2.85. The van der Waals surface area contributed by atoms with Crippen molar-refractivity contribution in [3.63, 3.8) is 0 Å². The van der Waals surface area contributed by atoms with Crippen molar-refractivity contribution in [3.05, 3.63) is 0 Å². The first-order valence-corrected chi connectivity index (χ1v) is 7.09. The first kappa shape index (κ1) is 13.4. The predicted molar refractivity (Wildman–Crippen MR) is 69.9 cm³/mol. The highest BCUT2D eigenvalue weighted by Gasteiger charge is 2.45. The molecule has 0 spiro atoms. The Kier molecular flexibility index (Phi) is 3.64. The Morgan fingerprint density at radius 1 is 1.22 bits per heavy atom. The molecule has 4 heteroatoms. The van der Waals surface area contributed by atoms with Gasteiger partial charge < -0.3 is 10.2 Å². The van der Waals surface area contributed by atoms with Crippen molar-refractivity contribution in [2.24, 2.45) is 11.8 Å². The van der Waals surface area contributed by atoms with Crippen LogP contribution < -0.4 is 5.32 Å². The molecule has 1 heterocycles. The van der Waals surface area contributed by atoms with E-state index >= 15 is 0 Å². The number of hydrogen-bond donors (Lipinski definition) is 1. The van der Waals surface area contributed by atoms with Crippen LogP contribution in [-0.4, -0.2) is 34.8 Å². The van der Waals surface area contributed by atoms with Crippen LogP contribution in [0.25, 0.3) is 0 Å². The molecule has 18 heavy (non-hydrogen) atoms. The monoisotopic (exact) mass is 252 g/mol. The zero-order valence-corrected chi connectivity index (χ0v) is 11.8. The lowest BCUT2D eigenvalue weighted by Crippen LogP contribution is -2.65. The third kappa shape index (κ3) is 2.02. The average molecular weight is 252 g/mol. The van der Waals surface area contributed by atoms with E-state index in [-0.39, 0.29) is 29.9 Å². The summed E-state index contributed by atoms with van der Waals surface area (Å²) < 4.78 is 0. The number of carbonyl (C=O) groups excluding carboxylic acids is 2. The summed E-state index contributed by atoms with van der Waals surface area (Å²) in [5.41, 5.74) is 0. The fourth-order valence-corrected chi connectivity index (χ4v) is 3.31. The van der Waals surface area contributed by atoms with Gasteiger partial charge in [0.2, 0.25) is 11.8 Å². The van der Waals surface area contributed by atoms with Crippen LogP contribution in [0, 0.1) is 11.8 Å². The lowest BCUT2D eigenvalue weighted by atomic mass is 9.94. The molecule has 0 aromatic carbocycles. The summed E-state index contributed by atoms with van der Waals surface area (Å²) in [5, 5.41) is 2.81. The summed E-state index contributed by atoms with van der Waals surface area (Å²) in [6, 6.07) is -0.405. The molecule has 0 aromatic rings. The number of nitrogens with one attached hydrogen (secondary N) is 1. The molecule has 1 saturated heterocycles. The quantitative estimate of drug-likeness (QED) is 0.810. The van der Waals surface area contributed by atoms with Crippen molar-refractivity contribution in [2.45, 2.75) is 65.1 Å². The number of amides is 2. The number of nitrogens with zero attached hydrogens (tertiary/aromatic N) is 1. The average Bonchev–Trinajstić information content (AvgIpc) is 2.66. The molecule has 5 unspecified atom stereocenters. The summed E-state index contributed by atoms with van der Waals surface area (Å²) in [7, 11) is 0. The third-order valence-electron chi connectivity index (χ3n) is 4.85. The van der Waals surface area contributed by atoms with E-state index in [9.17, 15) is 9.59 Å². The van der Waals surface area contributed by atoms with E-state index in [2.05, 4.69) is 19.2 Å². The summed E-state index contributed by atoms with van der Waals surface area (Å²) in [6.45, 7) is 8.23. The molecule has 1 N–H and O–H groups in total. The molecule has 2 amide bonds. The Labute approximate surface area is 109 Å². The highest BCUT2D eigenvalue weighted by Crippen LogP contribution is 2.36. The Bertz CT molecular complexity index is 356. The van der Waals surface area contributed by atoms with E-state index in [0.717, 1.165) is 12.8 Å². The standard InChI is InChI=1S/C14H24N2O2/c1-5-11-14(18)16(10(4)13(17)15-11)12-7-6-8(2)9(12)3/h8-12H,5-7H2,1-4H3,(H,15,17). The Balaban J connectivity index is 2.23. The van der Waals surface area contributed by atoms with Crippen molar-refractivity contribution in [1.29, 1.82) is 0 Å². The van der Waals surface area contributed by atoms with E-state index < -0.39 is 0 Å². The van der Waals surface area contributed by atoms with Crippen molar-refractivity contribution in [2.75, 3.05) is 0 Å². The Morgan fingerprint density at radius 2 is 1.89 bits per heavy atom. The molecule has 5 atom stereocenters. The molecule has 1 saturated carbocycles. The largest absolute Gasteiger partial charge is 0.343 e. The second-order valence-electron chi connectivity index (χ2n) is 5.87. The van der Waals surface area contributed by atoms with Gasteiger partial charge in [-0.1, -0.05) is 20.8 Å². The van der Waals surface area contributed by atoms with Gasteiger partial charge in [0.05, 0.1) is 0 Å². The van der Waals surface area contributed by atoms with Crippen LogP contribution in [0.3, 0.4) is 0 Å². The first-order valence-electron chi connectivity index (χ1n) is 7.09. The van der Waals surface area contributed by atoms with Crippen LogP contribution in [0.15, 0.2) is 0 Å². The number of piperazine rings is 1. The lowest BCUT2D eigenvalue weighted by molar-refractivity contribution is -0.152. The molecular weight excluding hydrogens is 228 g/mol. The van der Waals surface area contributed by atoms with Crippen LogP contribution in [-0.2, 0) is 9.59 Å². The van der Waals surface area contributed by atoms with Crippen molar-refractivity contribution >= 4 is 11.8 Å². The van der Waals surface area contributed by atoms with Crippen LogP contribution in [0.1, 0.15) is 47.0 Å². The van der Waals surface area contributed by atoms with Gasteiger partial charge in [-0.2, -0.15) is 0 Å². The zero-order valence-electron chi connectivity index (χ0n) is 11.8. The third-order valence-corrected chi connectivity index (χ3v) is 4.85. The van der Waals surface area contributed by atoms with Crippen LogP contribution in [0.5, 0.6) is 0 Å². The minimum atomic E-state index is -0.322. The van der Waals surface area contributed by atoms with Gasteiger partial charge in [-0.3, -0.25) is 9.59 Å². The first-order chi connectivity index (χ1) is 8.47. The van der Waals surface area contributed by atoms with E-state index in [1.54, 1.807) is 0 Å². The van der Waals surface area contributed by atoms with E-state index in [4.69, 9.17) is 0 Å². The fraction of sp³-hybridized carbons (Fsp3) is 0.857. The number of hydrogen-bond acceptors (Lipinski definition) is 2. The maximum atomic E-state index is 12.5. The molecule has 1 aliphatic carbocycles. The van der Waals surface area contributed by atoms with Gasteiger partial charge >= 0.3 is 0 Å². The summed E-state index contributed by atoms with van der Waals surface area (Å²) >= 11 is 0. The fourth-order valence-electron chi connectivity index (χ4n) is 3.31. The molecule has 0 aromatic heterocycles. The minimum absolute atomic E-state index is 0.00629. The van der Waals surface area contributed by atoms with Gasteiger partial charge in [-0.05, 0) is 38.0 Å². The SMILES string of the molecule is CCC1NC(=O)C(C)N(C2CCC(C)C2C)C1=O. The number of rotatable bonds is 2. The van der Waals surface area contributed by atoms with Gasteiger partial charge in [0.15, 0.2) is 0 Å².